The van der Waals surface area contributed by atoms with Gasteiger partial charge in [-0.05, 0) is 18.6 Å². The first-order valence-corrected chi connectivity index (χ1v) is 8.15. The first-order valence-electron chi connectivity index (χ1n) is 7.27. The number of imide groups is 1. The molecule has 118 valence electrons. The Balaban J connectivity index is 1.47. The molecule has 0 bridgehead atoms. The zero-order valence-electron chi connectivity index (χ0n) is 12.3. The van der Waals surface area contributed by atoms with Crippen LogP contribution in [0.25, 0.3) is 0 Å². The predicted octanol–water partition coefficient (Wildman–Crippen LogP) is 1.84. The third kappa shape index (κ3) is 3.29. The number of carbonyl (C=O) groups excluding carboxylic acids is 3. The molecule has 6 nitrogen and oxygen atoms in total. The van der Waals surface area contributed by atoms with Crippen molar-refractivity contribution in [1.29, 1.82) is 0 Å². The molecule has 1 aliphatic rings. The molecule has 0 unspecified atom stereocenters. The highest BCUT2D eigenvalue weighted by molar-refractivity contribution is 7.09. The molecule has 23 heavy (non-hydrogen) atoms. The first-order chi connectivity index (χ1) is 11.2. The van der Waals surface area contributed by atoms with Gasteiger partial charge in [-0.2, -0.15) is 0 Å². The van der Waals surface area contributed by atoms with Gasteiger partial charge < -0.3 is 5.32 Å². The first kappa shape index (κ1) is 15.4. The Bertz CT molecular complexity index is 708. The number of benzene rings is 1. The fraction of sp³-hybridized carbons (Fsp3) is 0.250. The van der Waals surface area contributed by atoms with Gasteiger partial charge in [-0.15, -0.1) is 11.3 Å². The van der Waals surface area contributed by atoms with Gasteiger partial charge in [0.05, 0.1) is 17.7 Å². The largest absolute Gasteiger partial charge is 0.350 e. The second kappa shape index (κ2) is 6.70. The molecule has 1 aliphatic heterocycles. The van der Waals surface area contributed by atoms with Gasteiger partial charge in [0.2, 0.25) is 5.91 Å². The number of hydrogen-bond acceptors (Lipinski definition) is 5. The van der Waals surface area contributed by atoms with Gasteiger partial charge in [-0.1, -0.05) is 12.1 Å². The molecule has 3 amide bonds. The molecule has 1 aromatic heterocycles. The van der Waals surface area contributed by atoms with Crippen molar-refractivity contribution in [2.24, 2.45) is 0 Å². The number of thiazole rings is 1. The zero-order chi connectivity index (χ0) is 16.2. The minimum absolute atomic E-state index is 0.114. The van der Waals surface area contributed by atoms with E-state index in [-0.39, 0.29) is 30.7 Å². The molecule has 0 fully saturated rings. The molecule has 0 saturated carbocycles. The standard InChI is InChI=1S/C16H15N3O3S/c20-13(18-10-14-17-7-9-23-14)6-3-8-19-15(21)11-4-1-2-5-12(11)16(19)22/h1-2,4-5,7,9H,3,6,8,10H2,(H,18,20). The Hall–Kier alpha value is -2.54. The number of nitrogens with zero attached hydrogens (tertiary/aromatic N) is 2. The summed E-state index contributed by atoms with van der Waals surface area (Å²) in [5, 5.41) is 5.47. The van der Waals surface area contributed by atoms with E-state index in [4.69, 9.17) is 0 Å². The summed E-state index contributed by atoms with van der Waals surface area (Å²) in [5.41, 5.74) is 0.872. The number of carbonyl (C=O) groups is 3. The highest BCUT2D eigenvalue weighted by Gasteiger charge is 2.34. The molecule has 7 heteroatoms. The molecule has 0 spiro atoms. The average Bonchev–Trinajstić information content (AvgIpc) is 3.16. The van der Waals surface area contributed by atoms with E-state index in [9.17, 15) is 14.4 Å². The van der Waals surface area contributed by atoms with E-state index in [0.717, 1.165) is 5.01 Å². The van der Waals surface area contributed by atoms with Crippen LogP contribution in [0.4, 0.5) is 0 Å². The average molecular weight is 329 g/mol. The molecule has 2 heterocycles. The summed E-state index contributed by atoms with van der Waals surface area (Å²) >= 11 is 1.48. The number of nitrogens with one attached hydrogen (secondary N) is 1. The van der Waals surface area contributed by atoms with Gasteiger partial charge in [0.25, 0.3) is 11.8 Å². The van der Waals surface area contributed by atoms with Gasteiger partial charge in [-0.3, -0.25) is 19.3 Å². The summed E-state index contributed by atoms with van der Waals surface area (Å²) in [6.45, 7) is 0.653. The van der Waals surface area contributed by atoms with Crippen LogP contribution in [0.1, 0.15) is 38.6 Å². The minimum Gasteiger partial charge on any atom is -0.350 e. The highest BCUT2D eigenvalue weighted by atomic mass is 32.1. The van der Waals surface area contributed by atoms with Crippen LogP contribution in [-0.2, 0) is 11.3 Å². The number of aromatic nitrogens is 1. The monoisotopic (exact) mass is 329 g/mol. The smallest absolute Gasteiger partial charge is 0.261 e. The number of fused-ring (bicyclic) bond motifs is 1. The maximum Gasteiger partial charge on any atom is 0.261 e. The van der Waals surface area contributed by atoms with Crippen LogP contribution in [-0.4, -0.2) is 34.2 Å². The Labute approximate surface area is 137 Å². The third-order valence-electron chi connectivity index (χ3n) is 3.58. The molecule has 0 radical (unpaired) electrons. The van der Waals surface area contributed by atoms with E-state index in [1.807, 2.05) is 5.38 Å². The topological polar surface area (TPSA) is 79.4 Å². The summed E-state index contributed by atoms with van der Waals surface area (Å²) in [7, 11) is 0. The van der Waals surface area contributed by atoms with Crippen molar-refractivity contribution in [3.05, 3.63) is 52.0 Å². The number of hydrogen-bond donors (Lipinski definition) is 1. The Morgan fingerprint density at radius 3 is 2.48 bits per heavy atom. The lowest BCUT2D eigenvalue weighted by Gasteiger charge is -2.13. The third-order valence-corrected chi connectivity index (χ3v) is 4.36. The van der Waals surface area contributed by atoms with Crippen LogP contribution in [0.15, 0.2) is 35.8 Å². The Morgan fingerprint density at radius 2 is 1.87 bits per heavy atom. The summed E-state index contributed by atoms with van der Waals surface area (Å²) in [4.78, 5) is 41.4. The van der Waals surface area contributed by atoms with Crippen molar-refractivity contribution in [1.82, 2.24) is 15.2 Å². The second-order valence-electron chi connectivity index (χ2n) is 5.11. The van der Waals surface area contributed by atoms with Crippen LogP contribution in [0, 0.1) is 0 Å². The SMILES string of the molecule is O=C(CCCN1C(=O)c2ccccc2C1=O)NCc1nccs1. The fourth-order valence-corrected chi connectivity index (χ4v) is 3.00. The van der Waals surface area contributed by atoms with E-state index in [1.165, 1.54) is 16.2 Å². The molecular weight excluding hydrogens is 314 g/mol. The highest BCUT2D eigenvalue weighted by Crippen LogP contribution is 2.22. The lowest BCUT2D eigenvalue weighted by atomic mass is 10.1. The predicted molar refractivity (Wildman–Crippen MR) is 85.0 cm³/mol. The van der Waals surface area contributed by atoms with E-state index in [0.29, 0.717) is 24.1 Å². The maximum absolute atomic E-state index is 12.2. The van der Waals surface area contributed by atoms with Crippen molar-refractivity contribution in [3.8, 4) is 0 Å². The van der Waals surface area contributed by atoms with Gasteiger partial charge in [0.1, 0.15) is 5.01 Å². The van der Waals surface area contributed by atoms with Gasteiger partial charge in [0.15, 0.2) is 0 Å². The molecule has 0 saturated heterocycles. The number of rotatable bonds is 6. The Morgan fingerprint density at radius 1 is 1.17 bits per heavy atom. The van der Waals surface area contributed by atoms with Crippen LogP contribution >= 0.6 is 11.3 Å². The van der Waals surface area contributed by atoms with E-state index < -0.39 is 0 Å². The summed E-state index contributed by atoms with van der Waals surface area (Å²) < 4.78 is 0. The van der Waals surface area contributed by atoms with Crippen LogP contribution in [0.2, 0.25) is 0 Å². The molecule has 2 aromatic rings. The molecule has 3 rings (SSSR count). The maximum atomic E-state index is 12.2. The molecule has 0 aliphatic carbocycles. The van der Waals surface area contributed by atoms with Gasteiger partial charge >= 0.3 is 0 Å². The molecule has 0 atom stereocenters. The van der Waals surface area contributed by atoms with Gasteiger partial charge in [0, 0.05) is 24.5 Å². The Kier molecular flexibility index (Phi) is 4.47. The van der Waals surface area contributed by atoms with E-state index in [1.54, 1.807) is 30.5 Å². The fourth-order valence-electron chi connectivity index (χ4n) is 2.44. The minimum atomic E-state index is -0.284. The summed E-state index contributed by atoms with van der Waals surface area (Å²) in [6.07, 6.45) is 2.39. The lowest BCUT2D eigenvalue weighted by Crippen LogP contribution is -2.32. The van der Waals surface area contributed by atoms with Crippen molar-refractivity contribution >= 4 is 29.1 Å². The molecular formula is C16H15N3O3S. The second-order valence-corrected chi connectivity index (χ2v) is 6.09. The summed E-state index contributed by atoms with van der Waals surface area (Å²) in [6, 6.07) is 6.77. The zero-order valence-corrected chi connectivity index (χ0v) is 13.1. The van der Waals surface area contributed by atoms with Crippen LogP contribution in [0.5, 0.6) is 0 Å². The quantitative estimate of drug-likeness (QED) is 0.820. The normalized spacial score (nSPS) is 13.3. The van der Waals surface area contributed by atoms with Gasteiger partial charge in [-0.25, -0.2) is 4.98 Å². The van der Waals surface area contributed by atoms with E-state index >= 15 is 0 Å². The van der Waals surface area contributed by atoms with Crippen molar-refractivity contribution in [2.75, 3.05) is 6.54 Å². The number of amides is 3. The van der Waals surface area contributed by atoms with E-state index in [2.05, 4.69) is 10.3 Å². The van der Waals surface area contributed by atoms with Crippen LogP contribution in [0.3, 0.4) is 0 Å². The van der Waals surface area contributed by atoms with Crippen molar-refractivity contribution in [3.63, 3.8) is 0 Å². The van der Waals surface area contributed by atoms with Crippen molar-refractivity contribution < 1.29 is 14.4 Å². The van der Waals surface area contributed by atoms with Crippen LogP contribution < -0.4 is 5.32 Å². The summed E-state index contributed by atoms with van der Waals surface area (Å²) in [5.74, 6) is -0.681. The van der Waals surface area contributed by atoms with Crippen molar-refractivity contribution in [2.45, 2.75) is 19.4 Å². The molecule has 1 aromatic carbocycles. The lowest BCUT2D eigenvalue weighted by molar-refractivity contribution is -0.121. The molecule has 1 N–H and O–H groups in total.